The van der Waals surface area contributed by atoms with Gasteiger partial charge >= 0.3 is 5.69 Å². The molecule has 0 spiro atoms. The molecule has 2 rings (SSSR count). The average molecular weight is 327 g/mol. The fourth-order valence-electron chi connectivity index (χ4n) is 1.57. The number of nitro benzene ring substituents is 1. The molecular weight excluding hydrogens is 319 g/mol. The number of benzene rings is 2. The van der Waals surface area contributed by atoms with Crippen molar-refractivity contribution in [1.29, 1.82) is 0 Å². The summed E-state index contributed by atoms with van der Waals surface area (Å²) in [5.74, 6) is -0.526. The monoisotopic (exact) mass is 326 g/mol. The zero-order chi connectivity index (χ0) is 15.6. The Morgan fingerprint density at radius 2 is 1.86 bits per heavy atom. The third-order valence-corrected chi connectivity index (χ3v) is 3.30. The Kier molecular flexibility index (Phi) is 4.30. The zero-order valence-electron chi connectivity index (χ0n) is 10.4. The van der Waals surface area contributed by atoms with Crippen molar-refractivity contribution in [2.24, 2.45) is 5.73 Å². The molecule has 2 aromatic carbocycles. The molecule has 0 fully saturated rings. The van der Waals surface area contributed by atoms with E-state index in [9.17, 15) is 14.9 Å². The van der Waals surface area contributed by atoms with Crippen LogP contribution in [0.4, 0.5) is 5.69 Å². The molecule has 0 heterocycles. The highest BCUT2D eigenvalue weighted by atomic mass is 35.5. The highest BCUT2D eigenvalue weighted by Gasteiger charge is 2.18. The van der Waals surface area contributed by atoms with E-state index in [1.807, 2.05) is 0 Å². The minimum atomic E-state index is -0.765. The van der Waals surface area contributed by atoms with Crippen LogP contribution >= 0.6 is 23.2 Å². The van der Waals surface area contributed by atoms with E-state index in [2.05, 4.69) is 0 Å². The second kappa shape index (κ2) is 5.99. The lowest BCUT2D eigenvalue weighted by Gasteiger charge is -2.08. The molecule has 8 heteroatoms. The Balaban J connectivity index is 2.41. The lowest BCUT2D eigenvalue weighted by atomic mass is 10.2. The molecule has 0 saturated heterocycles. The van der Waals surface area contributed by atoms with Gasteiger partial charge in [0.15, 0.2) is 0 Å². The molecule has 0 atom stereocenters. The van der Waals surface area contributed by atoms with Gasteiger partial charge in [0.2, 0.25) is 11.7 Å². The fraction of sp³-hybridized carbons (Fsp3) is 0. The summed E-state index contributed by atoms with van der Waals surface area (Å²) < 4.78 is 5.40. The molecule has 0 aromatic heterocycles. The smallest absolute Gasteiger partial charge is 0.312 e. The molecule has 0 bridgehead atoms. The summed E-state index contributed by atoms with van der Waals surface area (Å²) in [6.45, 7) is 0. The Bertz CT molecular complexity index is 734. The van der Waals surface area contributed by atoms with Crippen molar-refractivity contribution in [3.05, 3.63) is 62.1 Å². The molecule has 2 N–H and O–H groups in total. The number of nitrogens with zero attached hydrogens (tertiary/aromatic N) is 1. The van der Waals surface area contributed by atoms with Crippen LogP contribution in [0.25, 0.3) is 0 Å². The molecule has 108 valence electrons. The van der Waals surface area contributed by atoms with Gasteiger partial charge in [-0.25, -0.2) is 0 Å². The second-order valence-corrected chi connectivity index (χ2v) is 4.80. The van der Waals surface area contributed by atoms with Crippen molar-refractivity contribution in [2.75, 3.05) is 0 Å². The number of primary amides is 1. The summed E-state index contributed by atoms with van der Waals surface area (Å²) in [4.78, 5) is 21.4. The number of carbonyl (C=O) groups excluding carboxylic acids is 1. The first-order valence-corrected chi connectivity index (χ1v) is 6.35. The van der Waals surface area contributed by atoms with E-state index in [0.717, 1.165) is 6.07 Å². The van der Waals surface area contributed by atoms with Crippen LogP contribution < -0.4 is 10.5 Å². The molecular formula is C13H8Cl2N2O4. The van der Waals surface area contributed by atoms with Gasteiger partial charge in [0.1, 0.15) is 5.75 Å². The lowest BCUT2D eigenvalue weighted by Crippen LogP contribution is -2.11. The predicted octanol–water partition coefficient (Wildman–Crippen LogP) is 3.79. The molecule has 1 amide bonds. The first kappa shape index (κ1) is 15.1. The van der Waals surface area contributed by atoms with E-state index < -0.39 is 10.8 Å². The van der Waals surface area contributed by atoms with Crippen LogP contribution in [0.15, 0.2) is 36.4 Å². The van der Waals surface area contributed by atoms with Crippen molar-refractivity contribution in [1.82, 2.24) is 0 Å². The van der Waals surface area contributed by atoms with Crippen LogP contribution in [0, 0.1) is 10.1 Å². The number of hydrogen-bond acceptors (Lipinski definition) is 4. The Morgan fingerprint density at radius 1 is 1.14 bits per heavy atom. The van der Waals surface area contributed by atoms with Gasteiger partial charge in [-0.15, -0.1) is 0 Å². The summed E-state index contributed by atoms with van der Waals surface area (Å²) in [6, 6.07) is 8.12. The van der Waals surface area contributed by atoms with Crippen LogP contribution in [0.2, 0.25) is 10.0 Å². The van der Waals surface area contributed by atoms with E-state index in [1.54, 1.807) is 0 Å². The number of nitrogens with two attached hydrogens (primary N) is 1. The van der Waals surface area contributed by atoms with E-state index in [-0.39, 0.29) is 27.8 Å². The minimum absolute atomic E-state index is 0.0168. The number of ether oxygens (including phenoxy) is 1. The van der Waals surface area contributed by atoms with E-state index >= 15 is 0 Å². The number of hydrogen-bond donors (Lipinski definition) is 1. The van der Waals surface area contributed by atoms with E-state index in [0.29, 0.717) is 5.02 Å². The first-order chi connectivity index (χ1) is 9.88. The summed E-state index contributed by atoms with van der Waals surface area (Å²) in [5, 5.41) is 11.6. The van der Waals surface area contributed by atoms with E-state index in [4.69, 9.17) is 33.7 Å². The first-order valence-electron chi connectivity index (χ1n) is 5.59. The van der Waals surface area contributed by atoms with Gasteiger partial charge in [0.25, 0.3) is 0 Å². The van der Waals surface area contributed by atoms with Gasteiger partial charge in [0, 0.05) is 17.7 Å². The maximum atomic E-state index is 11.1. The second-order valence-electron chi connectivity index (χ2n) is 3.98. The van der Waals surface area contributed by atoms with Crippen LogP contribution in [0.5, 0.6) is 11.5 Å². The highest BCUT2D eigenvalue weighted by Crippen LogP contribution is 2.34. The third kappa shape index (κ3) is 3.42. The largest absolute Gasteiger partial charge is 0.450 e. The van der Waals surface area contributed by atoms with Gasteiger partial charge in [-0.1, -0.05) is 23.2 Å². The molecule has 0 aliphatic heterocycles. The quantitative estimate of drug-likeness (QED) is 0.682. The molecule has 0 aliphatic rings. The van der Waals surface area contributed by atoms with Crippen molar-refractivity contribution in [3.63, 3.8) is 0 Å². The summed E-state index contributed by atoms with van der Waals surface area (Å²) >= 11 is 11.6. The van der Waals surface area contributed by atoms with Crippen LogP contribution in [-0.2, 0) is 0 Å². The number of carbonyl (C=O) groups is 1. The molecule has 0 aliphatic carbocycles. The Hall–Kier alpha value is -2.31. The van der Waals surface area contributed by atoms with Gasteiger partial charge in [-0.05, 0) is 24.3 Å². The summed E-state index contributed by atoms with van der Waals surface area (Å²) in [7, 11) is 0. The normalized spacial score (nSPS) is 10.2. The Morgan fingerprint density at radius 3 is 2.43 bits per heavy atom. The zero-order valence-corrected chi connectivity index (χ0v) is 11.9. The van der Waals surface area contributed by atoms with Crippen LogP contribution in [0.1, 0.15) is 10.4 Å². The van der Waals surface area contributed by atoms with E-state index in [1.165, 1.54) is 30.3 Å². The van der Waals surface area contributed by atoms with Gasteiger partial charge in [-0.2, -0.15) is 0 Å². The van der Waals surface area contributed by atoms with Crippen molar-refractivity contribution < 1.29 is 14.5 Å². The van der Waals surface area contributed by atoms with Gasteiger partial charge in [0.05, 0.1) is 15.0 Å². The SMILES string of the molecule is NC(=O)c1ccc(Oc2ccc(Cl)c(Cl)c2)c([N+](=O)[O-])c1. The summed E-state index contributed by atoms with van der Waals surface area (Å²) in [6.07, 6.45) is 0. The van der Waals surface area contributed by atoms with Crippen molar-refractivity contribution >= 4 is 34.8 Å². The van der Waals surface area contributed by atoms with Gasteiger partial charge in [-0.3, -0.25) is 14.9 Å². The summed E-state index contributed by atoms with van der Waals surface area (Å²) in [5.41, 5.74) is 4.73. The molecule has 0 radical (unpaired) electrons. The van der Waals surface area contributed by atoms with Crippen molar-refractivity contribution in [3.8, 4) is 11.5 Å². The number of amides is 1. The fourth-order valence-corrected chi connectivity index (χ4v) is 1.86. The number of rotatable bonds is 4. The average Bonchev–Trinajstić information content (AvgIpc) is 2.43. The van der Waals surface area contributed by atoms with Gasteiger partial charge < -0.3 is 10.5 Å². The maximum absolute atomic E-state index is 11.1. The van der Waals surface area contributed by atoms with Crippen LogP contribution in [-0.4, -0.2) is 10.8 Å². The number of nitro groups is 1. The Labute approximate surface area is 129 Å². The standard InChI is InChI=1S/C13H8Cl2N2O4/c14-9-3-2-8(6-10(9)15)21-12-4-1-7(13(16)18)5-11(12)17(19)20/h1-6H,(H2,16,18). The maximum Gasteiger partial charge on any atom is 0.312 e. The molecule has 0 unspecified atom stereocenters. The molecule has 2 aromatic rings. The number of halogens is 2. The minimum Gasteiger partial charge on any atom is -0.450 e. The highest BCUT2D eigenvalue weighted by molar-refractivity contribution is 6.42. The predicted molar refractivity (Wildman–Crippen MR) is 78.2 cm³/mol. The topological polar surface area (TPSA) is 95.5 Å². The molecule has 21 heavy (non-hydrogen) atoms. The molecule has 6 nitrogen and oxygen atoms in total. The lowest BCUT2D eigenvalue weighted by molar-refractivity contribution is -0.385. The molecule has 0 saturated carbocycles. The third-order valence-electron chi connectivity index (χ3n) is 2.56. The van der Waals surface area contributed by atoms with Crippen LogP contribution in [0.3, 0.4) is 0 Å². The van der Waals surface area contributed by atoms with Crippen molar-refractivity contribution in [2.45, 2.75) is 0 Å².